The van der Waals surface area contributed by atoms with Crippen LogP contribution in [0, 0.1) is 6.92 Å². The summed E-state index contributed by atoms with van der Waals surface area (Å²) in [5.74, 6) is 0. The molecule has 3 N–H and O–H groups in total. The fourth-order valence-electron chi connectivity index (χ4n) is 2.13. The van der Waals surface area contributed by atoms with Crippen molar-refractivity contribution in [3.8, 4) is 0 Å². The monoisotopic (exact) mass is 284 g/mol. The summed E-state index contributed by atoms with van der Waals surface area (Å²) in [6, 6.07) is 5.07. The molecule has 0 aromatic heterocycles. The van der Waals surface area contributed by atoms with Gasteiger partial charge < -0.3 is 5.73 Å². The van der Waals surface area contributed by atoms with Crippen LogP contribution in [0.15, 0.2) is 23.1 Å². The van der Waals surface area contributed by atoms with E-state index in [4.69, 9.17) is 5.73 Å². The molecule has 0 unspecified atom stereocenters. The standard InChI is InChI=1S/C14H24N2O2S/c1-5-8-14(3,4)16-19(17,18)13-7-6-11(2)12(9-13)10-15/h6-7,9,16H,5,8,10,15H2,1-4H3. The van der Waals surface area contributed by atoms with Gasteiger partial charge in [0.15, 0.2) is 0 Å². The Labute approximate surface area is 116 Å². The molecule has 19 heavy (non-hydrogen) atoms. The number of sulfonamides is 1. The zero-order chi connectivity index (χ0) is 14.7. The molecular weight excluding hydrogens is 260 g/mol. The highest BCUT2D eigenvalue weighted by Crippen LogP contribution is 2.19. The first-order valence-electron chi connectivity index (χ1n) is 6.55. The second-order valence-corrected chi connectivity index (χ2v) is 7.21. The van der Waals surface area contributed by atoms with Gasteiger partial charge in [-0.05, 0) is 50.5 Å². The Balaban J connectivity index is 3.07. The summed E-state index contributed by atoms with van der Waals surface area (Å²) < 4.78 is 27.5. The number of hydrogen-bond acceptors (Lipinski definition) is 3. The predicted octanol–water partition coefficient (Wildman–Crippen LogP) is 2.31. The molecule has 0 fully saturated rings. The van der Waals surface area contributed by atoms with Gasteiger partial charge in [0.1, 0.15) is 0 Å². The van der Waals surface area contributed by atoms with Crippen LogP contribution in [-0.4, -0.2) is 14.0 Å². The lowest BCUT2D eigenvalue weighted by molar-refractivity contribution is 0.417. The fraction of sp³-hybridized carbons (Fsp3) is 0.571. The number of nitrogens with two attached hydrogens (primary N) is 1. The Morgan fingerprint density at radius 3 is 2.47 bits per heavy atom. The first-order chi connectivity index (χ1) is 8.72. The third kappa shape index (κ3) is 4.30. The highest BCUT2D eigenvalue weighted by atomic mass is 32.2. The van der Waals surface area contributed by atoms with Gasteiger partial charge in [-0.25, -0.2) is 13.1 Å². The summed E-state index contributed by atoms with van der Waals surface area (Å²) in [6.45, 7) is 8.09. The number of hydrogen-bond donors (Lipinski definition) is 2. The van der Waals surface area contributed by atoms with Crippen LogP contribution in [0.1, 0.15) is 44.7 Å². The molecule has 108 valence electrons. The lowest BCUT2D eigenvalue weighted by Gasteiger charge is -2.25. The average molecular weight is 284 g/mol. The van der Waals surface area contributed by atoms with Crippen LogP contribution >= 0.6 is 0 Å². The first-order valence-corrected chi connectivity index (χ1v) is 8.04. The summed E-state index contributed by atoms with van der Waals surface area (Å²) in [5, 5.41) is 0. The van der Waals surface area contributed by atoms with Crippen LogP contribution < -0.4 is 10.5 Å². The number of aryl methyl sites for hydroxylation is 1. The summed E-state index contributed by atoms with van der Waals surface area (Å²) in [6.07, 6.45) is 1.72. The molecule has 0 aliphatic rings. The number of benzene rings is 1. The molecule has 4 nitrogen and oxygen atoms in total. The largest absolute Gasteiger partial charge is 0.326 e. The smallest absolute Gasteiger partial charge is 0.241 e. The molecule has 0 heterocycles. The summed E-state index contributed by atoms with van der Waals surface area (Å²) in [4.78, 5) is 0.280. The molecule has 0 bridgehead atoms. The Morgan fingerprint density at radius 2 is 1.95 bits per heavy atom. The molecule has 0 saturated carbocycles. The van der Waals surface area contributed by atoms with E-state index < -0.39 is 15.6 Å². The normalized spacial score (nSPS) is 12.7. The topological polar surface area (TPSA) is 72.2 Å². The number of rotatable bonds is 6. The minimum atomic E-state index is -3.50. The van der Waals surface area contributed by atoms with Gasteiger partial charge >= 0.3 is 0 Å². The van der Waals surface area contributed by atoms with E-state index in [0.29, 0.717) is 6.54 Å². The van der Waals surface area contributed by atoms with Crippen molar-refractivity contribution in [2.24, 2.45) is 5.73 Å². The van der Waals surface area contributed by atoms with E-state index in [-0.39, 0.29) is 4.90 Å². The van der Waals surface area contributed by atoms with Gasteiger partial charge in [-0.3, -0.25) is 0 Å². The zero-order valence-corrected chi connectivity index (χ0v) is 13.0. The molecule has 5 heteroatoms. The van der Waals surface area contributed by atoms with Crippen molar-refractivity contribution in [2.75, 3.05) is 0 Å². The van der Waals surface area contributed by atoms with E-state index in [1.165, 1.54) is 0 Å². The quantitative estimate of drug-likeness (QED) is 0.842. The van der Waals surface area contributed by atoms with Crippen molar-refractivity contribution in [1.82, 2.24) is 4.72 Å². The molecule has 0 atom stereocenters. The van der Waals surface area contributed by atoms with E-state index in [1.54, 1.807) is 18.2 Å². The molecular formula is C14H24N2O2S. The molecule has 0 aliphatic carbocycles. The third-order valence-corrected chi connectivity index (χ3v) is 4.83. The molecule has 1 aromatic carbocycles. The highest BCUT2D eigenvalue weighted by Gasteiger charge is 2.25. The Kier molecular flexibility index (Phi) is 5.12. The van der Waals surface area contributed by atoms with Gasteiger partial charge in [0.2, 0.25) is 10.0 Å². The first kappa shape index (κ1) is 16.1. The second kappa shape index (κ2) is 6.03. The van der Waals surface area contributed by atoms with Crippen LogP contribution in [0.5, 0.6) is 0 Å². The summed E-state index contributed by atoms with van der Waals surface area (Å²) >= 11 is 0. The highest BCUT2D eigenvalue weighted by molar-refractivity contribution is 7.89. The molecule has 0 radical (unpaired) electrons. The minimum Gasteiger partial charge on any atom is -0.326 e. The van der Waals surface area contributed by atoms with Gasteiger partial charge in [-0.2, -0.15) is 0 Å². The SMILES string of the molecule is CCCC(C)(C)NS(=O)(=O)c1ccc(C)c(CN)c1. The van der Waals surface area contributed by atoms with E-state index in [9.17, 15) is 8.42 Å². The molecule has 0 saturated heterocycles. The van der Waals surface area contributed by atoms with E-state index in [1.807, 2.05) is 27.7 Å². The maximum atomic E-state index is 12.4. The fourth-order valence-corrected chi connectivity index (χ4v) is 3.63. The maximum absolute atomic E-state index is 12.4. The van der Waals surface area contributed by atoms with Crippen LogP contribution in [0.2, 0.25) is 0 Å². The Hall–Kier alpha value is -0.910. The lowest BCUT2D eigenvalue weighted by Crippen LogP contribution is -2.43. The van der Waals surface area contributed by atoms with E-state index in [0.717, 1.165) is 24.0 Å². The van der Waals surface area contributed by atoms with Crippen LogP contribution in [0.25, 0.3) is 0 Å². The van der Waals surface area contributed by atoms with Crippen molar-refractivity contribution in [3.63, 3.8) is 0 Å². The Morgan fingerprint density at radius 1 is 1.32 bits per heavy atom. The summed E-state index contributed by atoms with van der Waals surface area (Å²) in [7, 11) is -3.50. The minimum absolute atomic E-state index is 0.280. The van der Waals surface area contributed by atoms with Gasteiger partial charge in [-0.15, -0.1) is 0 Å². The third-order valence-electron chi connectivity index (χ3n) is 3.14. The van der Waals surface area contributed by atoms with Gasteiger partial charge in [0.25, 0.3) is 0 Å². The summed E-state index contributed by atoms with van der Waals surface area (Å²) in [5.41, 5.74) is 7.05. The van der Waals surface area contributed by atoms with Crippen molar-refractivity contribution >= 4 is 10.0 Å². The maximum Gasteiger partial charge on any atom is 0.241 e. The van der Waals surface area contributed by atoms with Crippen molar-refractivity contribution in [1.29, 1.82) is 0 Å². The Bertz CT molecular complexity index is 536. The van der Waals surface area contributed by atoms with Gasteiger partial charge in [0, 0.05) is 12.1 Å². The second-order valence-electron chi connectivity index (χ2n) is 5.53. The van der Waals surface area contributed by atoms with Gasteiger partial charge in [-0.1, -0.05) is 19.4 Å². The van der Waals surface area contributed by atoms with Crippen LogP contribution in [0.3, 0.4) is 0 Å². The van der Waals surface area contributed by atoms with E-state index >= 15 is 0 Å². The molecule has 1 aromatic rings. The zero-order valence-electron chi connectivity index (χ0n) is 12.2. The number of nitrogens with one attached hydrogen (secondary N) is 1. The van der Waals surface area contributed by atoms with Crippen molar-refractivity contribution < 1.29 is 8.42 Å². The molecule has 0 aliphatic heterocycles. The average Bonchev–Trinajstić information content (AvgIpc) is 2.27. The van der Waals surface area contributed by atoms with Crippen LogP contribution in [0.4, 0.5) is 0 Å². The van der Waals surface area contributed by atoms with Gasteiger partial charge in [0.05, 0.1) is 4.90 Å². The lowest BCUT2D eigenvalue weighted by atomic mass is 10.0. The van der Waals surface area contributed by atoms with E-state index in [2.05, 4.69) is 4.72 Å². The van der Waals surface area contributed by atoms with Crippen molar-refractivity contribution in [2.45, 2.75) is 57.5 Å². The van der Waals surface area contributed by atoms with Crippen LogP contribution in [-0.2, 0) is 16.6 Å². The van der Waals surface area contributed by atoms with Crippen molar-refractivity contribution in [3.05, 3.63) is 29.3 Å². The molecule has 0 amide bonds. The predicted molar refractivity (Wildman–Crippen MR) is 78.4 cm³/mol. The molecule has 1 rings (SSSR count). The molecule has 0 spiro atoms.